The SMILES string of the molecule is Nc1ccn(C2OC(COP(=O)([O-])OP(=O)([O-])O)C(O)C2O)c(=O)n1.[Na+].[Na+]. The summed E-state index contributed by atoms with van der Waals surface area (Å²) in [6.45, 7) is -0.966. The second-order valence-corrected chi connectivity index (χ2v) is 7.62. The van der Waals surface area contributed by atoms with Crippen molar-refractivity contribution in [3.63, 3.8) is 0 Å². The zero-order chi connectivity index (χ0) is 19.0. The van der Waals surface area contributed by atoms with Crippen molar-refractivity contribution in [2.45, 2.75) is 24.5 Å². The topological polar surface area (TPSA) is 230 Å². The van der Waals surface area contributed by atoms with Crippen LogP contribution >= 0.6 is 15.6 Å². The zero-order valence-electron chi connectivity index (χ0n) is 14.1. The summed E-state index contributed by atoms with van der Waals surface area (Å²) in [7, 11) is -11.1. The fourth-order valence-electron chi connectivity index (χ4n) is 2.03. The molecule has 6 atom stereocenters. The molecular weight excluding hydrogens is 434 g/mol. The summed E-state index contributed by atoms with van der Waals surface area (Å²) in [4.78, 5) is 45.1. The standard InChI is InChI=1S/C9H15N3O11P2.2Na/c10-5-1-2-12(9(15)11-5)8-7(14)6(13)4(22-8)3-21-25(19,20)23-24(16,17)18;;/h1-2,4,6-8,13-14H,3H2,(H,19,20)(H2,10,11,15)(H2,16,17,18);;/q;2*+1/p-2. The molecule has 1 saturated heterocycles. The van der Waals surface area contributed by atoms with Crippen molar-refractivity contribution < 1.29 is 107 Å². The van der Waals surface area contributed by atoms with Crippen LogP contribution in [0.2, 0.25) is 0 Å². The van der Waals surface area contributed by atoms with Crippen LogP contribution in [-0.2, 0) is 22.7 Å². The number of phosphoric acid groups is 2. The van der Waals surface area contributed by atoms with Crippen LogP contribution in [0, 0.1) is 0 Å². The molecule has 1 aliphatic heterocycles. The van der Waals surface area contributed by atoms with Crippen molar-refractivity contribution in [2.24, 2.45) is 0 Å². The third kappa shape index (κ3) is 7.87. The average molecular weight is 447 g/mol. The fraction of sp³-hybridized carbons (Fsp3) is 0.556. The first-order valence-electron chi connectivity index (χ1n) is 6.46. The van der Waals surface area contributed by atoms with Crippen LogP contribution in [0.15, 0.2) is 17.1 Å². The number of hydrogen-bond acceptors (Lipinski definition) is 12. The van der Waals surface area contributed by atoms with Crippen LogP contribution < -0.4 is 80.3 Å². The Kier molecular flexibility index (Phi) is 11.1. The number of aliphatic hydroxyl groups excluding tert-OH is 2. The maximum Gasteiger partial charge on any atom is 1.00 e. The number of anilines is 1. The van der Waals surface area contributed by atoms with Gasteiger partial charge in [0.05, 0.1) is 6.61 Å². The fourth-order valence-corrected chi connectivity index (χ4v) is 3.56. The van der Waals surface area contributed by atoms with Gasteiger partial charge in [-0.25, -0.2) is 9.11 Å². The van der Waals surface area contributed by atoms with E-state index in [9.17, 15) is 33.9 Å². The Morgan fingerprint density at radius 2 is 1.89 bits per heavy atom. The summed E-state index contributed by atoms with van der Waals surface area (Å²) in [5, 5.41) is 19.8. The predicted octanol–water partition coefficient (Wildman–Crippen LogP) is -9.59. The molecule has 142 valence electrons. The largest absolute Gasteiger partial charge is 1.00 e. The molecule has 1 aromatic rings. The maximum absolute atomic E-state index is 11.7. The summed E-state index contributed by atoms with van der Waals surface area (Å²) in [6.07, 6.45) is -5.12. The van der Waals surface area contributed by atoms with Crippen molar-refractivity contribution in [3.8, 4) is 0 Å². The first kappa shape index (κ1) is 27.8. The van der Waals surface area contributed by atoms with Gasteiger partial charge in [0.1, 0.15) is 24.1 Å². The summed E-state index contributed by atoms with van der Waals surface area (Å²) in [5.41, 5.74) is 4.42. The number of phosphoric ester groups is 1. The molecule has 0 aliphatic carbocycles. The molecule has 0 bridgehead atoms. The van der Waals surface area contributed by atoms with Gasteiger partial charge in [-0.3, -0.25) is 13.7 Å². The molecule has 0 amide bonds. The van der Waals surface area contributed by atoms with E-state index in [0.717, 1.165) is 10.8 Å². The summed E-state index contributed by atoms with van der Waals surface area (Å²) >= 11 is 0. The molecule has 0 radical (unpaired) electrons. The van der Waals surface area contributed by atoms with Crippen molar-refractivity contribution >= 4 is 21.5 Å². The molecule has 27 heavy (non-hydrogen) atoms. The van der Waals surface area contributed by atoms with Gasteiger partial charge in [0.15, 0.2) is 6.23 Å². The molecule has 1 fully saturated rings. The van der Waals surface area contributed by atoms with Gasteiger partial charge in [0.25, 0.3) is 15.6 Å². The maximum atomic E-state index is 11.7. The second-order valence-electron chi connectivity index (χ2n) is 4.88. The molecule has 0 aromatic carbocycles. The Balaban J connectivity index is 0.00000338. The molecule has 2 rings (SSSR count). The minimum absolute atomic E-state index is 0. The van der Waals surface area contributed by atoms with Crippen molar-refractivity contribution in [2.75, 3.05) is 12.3 Å². The third-order valence-electron chi connectivity index (χ3n) is 3.06. The van der Waals surface area contributed by atoms with Crippen LogP contribution in [0.4, 0.5) is 5.82 Å². The Bertz CT molecular complexity index is 789. The van der Waals surface area contributed by atoms with E-state index in [2.05, 4.69) is 13.8 Å². The predicted molar refractivity (Wildman–Crippen MR) is 73.3 cm³/mol. The summed E-state index contributed by atoms with van der Waals surface area (Å²) in [5.74, 6) is -0.0929. The normalized spacial score (nSPS) is 29.1. The minimum atomic E-state index is -5.62. The van der Waals surface area contributed by atoms with Crippen molar-refractivity contribution in [1.29, 1.82) is 0 Å². The van der Waals surface area contributed by atoms with Gasteiger partial charge in [-0.15, -0.1) is 0 Å². The van der Waals surface area contributed by atoms with Gasteiger partial charge in [-0.1, -0.05) is 0 Å². The van der Waals surface area contributed by atoms with Crippen LogP contribution in [0.3, 0.4) is 0 Å². The van der Waals surface area contributed by atoms with Crippen molar-refractivity contribution in [1.82, 2.24) is 9.55 Å². The number of rotatable bonds is 6. The first-order chi connectivity index (χ1) is 11.4. The first-order valence-corrected chi connectivity index (χ1v) is 9.42. The van der Waals surface area contributed by atoms with Gasteiger partial charge in [-0.2, -0.15) is 4.98 Å². The molecular formula is C9H13N3Na2O11P2. The van der Waals surface area contributed by atoms with E-state index in [-0.39, 0.29) is 64.9 Å². The van der Waals surface area contributed by atoms with Gasteiger partial charge < -0.3 is 39.9 Å². The van der Waals surface area contributed by atoms with Crippen LogP contribution in [0.5, 0.6) is 0 Å². The quantitative estimate of drug-likeness (QED) is 0.235. The Morgan fingerprint density at radius 3 is 2.41 bits per heavy atom. The molecule has 1 aliphatic rings. The van der Waals surface area contributed by atoms with Crippen LogP contribution in [-0.4, -0.2) is 49.6 Å². The van der Waals surface area contributed by atoms with E-state index in [0.29, 0.717) is 0 Å². The molecule has 6 unspecified atom stereocenters. The van der Waals surface area contributed by atoms with E-state index in [1.807, 2.05) is 0 Å². The summed E-state index contributed by atoms with van der Waals surface area (Å²) < 4.78 is 35.1. The molecule has 5 N–H and O–H groups in total. The number of nitrogens with two attached hydrogens (primary N) is 1. The number of nitrogens with zero attached hydrogens (tertiary/aromatic N) is 2. The average Bonchev–Trinajstić information content (AvgIpc) is 2.71. The third-order valence-corrected chi connectivity index (χ3v) is 5.15. The zero-order valence-corrected chi connectivity index (χ0v) is 19.9. The molecule has 0 spiro atoms. The Morgan fingerprint density at radius 1 is 1.30 bits per heavy atom. The molecule has 2 heterocycles. The van der Waals surface area contributed by atoms with Gasteiger partial charge >= 0.3 is 64.8 Å². The monoisotopic (exact) mass is 447 g/mol. The Hall–Kier alpha value is 0.820. The van der Waals surface area contributed by atoms with Gasteiger partial charge in [0.2, 0.25) is 0 Å². The van der Waals surface area contributed by atoms with Crippen LogP contribution in [0.25, 0.3) is 0 Å². The van der Waals surface area contributed by atoms with E-state index in [1.54, 1.807) is 0 Å². The molecule has 18 heteroatoms. The van der Waals surface area contributed by atoms with E-state index in [4.69, 9.17) is 15.4 Å². The van der Waals surface area contributed by atoms with E-state index in [1.165, 1.54) is 6.07 Å². The smallest absolute Gasteiger partial charge is 0.756 e. The number of aromatic nitrogens is 2. The van der Waals surface area contributed by atoms with Gasteiger partial charge in [-0.05, 0) is 6.07 Å². The number of ether oxygens (including phenoxy) is 1. The Labute approximate surface area is 196 Å². The summed E-state index contributed by atoms with van der Waals surface area (Å²) in [6, 6.07) is 1.22. The second kappa shape index (κ2) is 10.7. The number of nitrogen functional groups attached to an aromatic ring is 1. The van der Waals surface area contributed by atoms with Crippen LogP contribution in [0.1, 0.15) is 6.23 Å². The number of hydrogen-bond donors (Lipinski definition) is 4. The molecule has 1 aromatic heterocycles. The molecule has 14 nitrogen and oxygen atoms in total. The number of aliphatic hydroxyl groups is 2. The molecule has 0 saturated carbocycles. The van der Waals surface area contributed by atoms with Gasteiger partial charge in [0, 0.05) is 6.20 Å². The minimum Gasteiger partial charge on any atom is -0.756 e. The van der Waals surface area contributed by atoms with Crippen molar-refractivity contribution in [3.05, 3.63) is 22.7 Å². The van der Waals surface area contributed by atoms with E-state index < -0.39 is 52.5 Å². The van der Waals surface area contributed by atoms with E-state index >= 15 is 0 Å².